The number of anilines is 2. The maximum Gasteiger partial charge on any atom is 0.573 e. The van der Waals surface area contributed by atoms with E-state index in [-0.39, 0.29) is 53.2 Å². The van der Waals surface area contributed by atoms with Crippen LogP contribution in [0.3, 0.4) is 0 Å². The number of carbonyl (C=O) groups is 2. The smallest absolute Gasteiger partial charge is 0.454 e. The van der Waals surface area contributed by atoms with E-state index in [0.717, 1.165) is 31.0 Å². The van der Waals surface area contributed by atoms with Crippen LogP contribution < -0.4 is 20.1 Å². The number of alkyl halides is 3. The minimum Gasteiger partial charge on any atom is -0.454 e. The lowest BCUT2D eigenvalue weighted by Crippen LogP contribution is -2.18. The number of hydrogen-bond acceptors (Lipinski definition) is 5. The van der Waals surface area contributed by atoms with Gasteiger partial charge in [0, 0.05) is 36.4 Å². The Morgan fingerprint density at radius 1 is 0.946 bits per heavy atom. The van der Waals surface area contributed by atoms with Crippen LogP contribution in [0.1, 0.15) is 24.8 Å². The number of benzene rings is 2. The van der Waals surface area contributed by atoms with Crippen molar-refractivity contribution in [3.8, 4) is 17.2 Å². The molecule has 12 heteroatoms. The lowest BCUT2D eigenvalue weighted by atomic mass is 10.1. The predicted molar refractivity (Wildman–Crippen MR) is 122 cm³/mol. The van der Waals surface area contributed by atoms with Gasteiger partial charge in [-0.05, 0) is 55.2 Å². The van der Waals surface area contributed by atoms with Crippen LogP contribution in [0.4, 0.5) is 33.5 Å². The summed E-state index contributed by atoms with van der Waals surface area (Å²) in [6.45, 7) is 0. The van der Waals surface area contributed by atoms with Crippen LogP contribution in [-0.4, -0.2) is 23.2 Å². The average molecular weight is 521 g/mol. The van der Waals surface area contributed by atoms with Gasteiger partial charge in [0.25, 0.3) is 0 Å². The van der Waals surface area contributed by atoms with Gasteiger partial charge in [-0.3, -0.25) is 9.59 Å². The summed E-state index contributed by atoms with van der Waals surface area (Å²) >= 11 is 0. The van der Waals surface area contributed by atoms with Gasteiger partial charge in [-0.2, -0.15) is 0 Å². The minimum absolute atomic E-state index is 0.00827. The second kappa shape index (κ2) is 10.8. The van der Waals surface area contributed by atoms with Crippen LogP contribution in [0, 0.1) is 17.6 Å². The quantitative estimate of drug-likeness (QED) is 0.339. The second-order valence-electron chi connectivity index (χ2n) is 8.25. The molecule has 7 nitrogen and oxygen atoms in total. The molecule has 0 bridgehead atoms. The third-order valence-electron chi connectivity index (χ3n) is 5.24. The summed E-state index contributed by atoms with van der Waals surface area (Å²) in [5.41, 5.74) is 0.373. The van der Waals surface area contributed by atoms with E-state index < -0.39 is 29.7 Å². The first-order valence-electron chi connectivity index (χ1n) is 11.1. The molecule has 1 aliphatic carbocycles. The first-order chi connectivity index (χ1) is 17.6. The van der Waals surface area contributed by atoms with Crippen molar-refractivity contribution in [3.63, 3.8) is 0 Å². The number of nitrogens with zero attached hydrogens (tertiary/aromatic N) is 1. The van der Waals surface area contributed by atoms with Crippen LogP contribution in [0.15, 0.2) is 54.7 Å². The van der Waals surface area contributed by atoms with Crippen LogP contribution in [-0.2, 0) is 16.0 Å². The number of ether oxygens (including phenoxy) is 2. The normalized spacial score (nSPS) is 13.1. The first kappa shape index (κ1) is 25.9. The fraction of sp³-hybridized carbons (Fsp3) is 0.240. The number of aromatic nitrogens is 1. The number of aryl methyl sites for hydroxylation is 1. The fourth-order valence-electron chi connectivity index (χ4n) is 3.29. The summed E-state index contributed by atoms with van der Waals surface area (Å²) < 4.78 is 74.4. The molecule has 194 valence electrons. The van der Waals surface area contributed by atoms with Crippen molar-refractivity contribution < 1.29 is 41.0 Å². The van der Waals surface area contributed by atoms with E-state index in [9.17, 15) is 31.5 Å². The van der Waals surface area contributed by atoms with Crippen molar-refractivity contribution in [1.82, 2.24) is 4.98 Å². The van der Waals surface area contributed by atoms with Crippen molar-refractivity contribution in [2.75, 3.05) is 10.6 Å². The molecule has 3 aromatic rings. The predicted octanol–water partition coefficient (Wildman–Crippen LogP) is 5.97. The molecular formula is C25H20F5N3O4. The summed E-state index contributed by atoms with van der Waals surface area (Å²) in [5, 5.41) is 5.15. The number of carbonyl (C=O) groups excluding carboxylic acids is 2. The molecule has 2 N–H and O–H groups in total. The van der Waals surface area contributed by atoms with Crippen LogP contribution in [0.2, 0.25) is 0 Å². The highest BCUT2D eigenvalue weighted by molar-refractivity contribution is 5.93. The van der Waals surface area contributed by atoms with Gasteiger partial charge in [-0.1, -0.05) is 6.07 Å². The minimum atomic E-state index is -5.05. The molecular weight excluding hydrogens is 501 g/mol. The molecule has 0 radical (unpaired) electrons. The first-order valence-corrected chi connectivity index (χ1v) is 11.1. The van der Waals surface area contributed by atoms with E-state index in [1.54, 1.807) is 0 Å². The molecule has 1 fully saturated rings. The van der Waals surface area contributed by atoms with Gasteiger partial charge >= 0.3 is 6.36 Å². The van der Waals surface area contributed by atoms with E-state index in [2.05, 4.69) is 20.4 Å². The fourth-order valence-corrected chi connectivity index (χ4v) is 3.29. The Morgan fingerprint density at radius 3 is 2.43 bits per heavy atom. The third-order valence-corrected chi connectivity index (χ3v) is 5.24. The van der Waals surface area contributed by atoms with Gasteiger partial charge in [-0.25, -0.2) is 13.8 Å². The Hall–Kier alpha value is -4.22. The van der Waals surface area contributed by atoms with Gasteiger partial charge in [0.1, 0.15) is 11.6 Å². The van der Waals surface area contributed by atoms with Gasteiger partial charge in [-0.15, -0.1) is 13.2 Å². The largest absolute Gasteiger partial charge is 0.573 e. The summed E-state index contributed by atoms with van der Waals surface area (Å²) in [6, 6.07) is 9.60. The summed E-state index contributed by atoms with van der Waals surface area (Å²) in [4.78, 5) is 28.2. The SMILES string of the molecule is O=C(CCc1ccc(F)c(OC(F)(F)F)c1)Nc1ccc(Oc2ccnc(NC(=O)C3CC3)c2)c(F)c1. The number of nitrogens with one attached hydrogen (secondary N) is 2. The Labute approximate surface area is 207 Å². The highest BCUT2D eigenvalue weighted by atomic mass is 19.4. The molecule has 2 amide bonds. The topological polar surface area (TPSA) is 89.6 Å². The van der Waals surface area contributed by atoms with Crippen molar-refractivity contribution in [2.24, 2.45) is 5.92 Å². The number of pyridine rings is 1. The molecule has 37 heavy (non-hydrogen) atoms. The third kappa shape index (κ3) is 7.63. The molecule has 1 aliphatic rings. The van der Waals surface area contributed by atoms with Crippen molar-refractivity contribution in [1.29, 1.82) is 0 Å². The lowest BCUT2D eigenvalue weighted by Gasteiger charge is -2.12. The van der Waals surface area contributed by atoms with Crippen molar-refractivity contribution >= 4 is 23.3 Å². The molecule has 0 atom stereocenters. The second-order valence-corrected chi connectivity index (χ2v) is 8.25. The van der Waals surface area contributed by atoms with Crippen molar-refractivity contribution in [2.45, 2.75) is 32.0 Å². The van der Waals surface area contributed by atoms with E-state index in [1.807, 2.05) is 0 Å². The zero-order chi connectivity index (χ0) is 26.6. The Morgan fingerprint density at radius 2 is 1.73 bits per heavy atom. The summed E-state index contributed by atoms with van der Waals surface area (Å²) in [6.07, 6.45) is -2.15. The zero-order valence-corrected chi connectivity index (χ0v) is 19.1. The Bertz CT molecular complexity index is 1310. The number of rotatable bonds is 9. The number of halogens is 5. The zero-order valence-electron chi connectivity index (χ0n) is 19.1. The van der Waals surface area contributed by atoms with E-state index >= 15 is 0 Å². The summed E-state index contributed by atoms with van der Waals surface area (Å²) in [7, 11) is 0. The van der Waals surface area contributed by atoms with Gasteiger partial charge in [0.05, 0.1) is 0 Å². The van der Waals surface area contributed by atoms with E-state index in [1.165, 1.54) is 36.5 Å². The van der Waals surface area contributed by atoms with E-state index in [4.69, 9.17) is 4.74 Å². The van der Waals surface area contributed by atoms with Gasteiger partial charge in [0.2, 0.25) is 11.8 Å². The van der Waals surface area contributed by atoms with Crippen LogP contribution in [0.25, 0.3) is 0 Å². The Balaban J connectivity index is 1.32. The van der Waals surface area contributed by atoms with Crippen LogP contribution in [0.5, 0.6) is 17.2 Å². The molecule has 4 rings (SSSR count). The molecule has 1 saturated carbocycles. The molecule has 1 heterocycles. The van der Waals surface area contributed by atoms with Gasteiger partial charge < -0.3 is 20.1 Å². The van der Waals surface area contributed by atoms with Crippen molar-refractivity contribution in [3.05, 3.63) is 71.9 Å². The summed E-state index contributed by atoms with van der Waals surface area (Å²) in [5.74, 6) is -3.25. The number of amides is 2. The van der Waals surface area contributed by atoms with E-state index in [0.29, 0.717) is 0 Å². The standard InChI is InChI=1S/C25H20F5N3O4/c26-18-6-1-14(11-21(18)37-25(28,29)30)2-8-23(34)32-16-5-7-20(19(27)12-16)36-17-9-10-31-22(13-17)33-24(35)15-3-4-15/h1,5-7,9-13,15H,2-4,8H2,(H,32,34)(H,31,33,35). The maximum atomic E-state index is 14.6. The Kier molecular flexibility index (Phi) is 7.55. The van der Waals surface area contributed by atoms with Crippen LogP contribution >= 0.6 is 0 Å². The maximum absolute atomic E-state index is 14.6. The molecule has 0 aliphatic heterocycles. The molecule has 1 aromatic heterocycles. The lowest BCUT2D eigenvalue weighted by molar-refractivity contribution is -0.275. The monoisotopic (exact) mass is 521 g/mol. The molecule has 0 saturated heterocycles. The highest BCUT2D eigenvalue weighted by Gasteiger charge is 2.32. The molecule has 2 aromatic carbocycles. The highest BCUT2D eigenvalue weighted by Crippen LogP contribution is 2.31. The number of hydrogen-bond donors (Lipinski definition) is 2. The molecule has 0 unspecified atom stereocenters. The average Bonchev–Trinajstić information content (AvgIpc) is 3.66. The van der Waals surface area contributed by atoms with Gasteiger partial charge in [0.15, 0.2) is 23.1 Å². The molecule has 0 spiro atoms.